The molecule has 0 atom stereocenters. The van der Waals surface area contributed by atoms with E-state index in [1.807, 2.05) is 31.2 Å². The third-order valence-corrected chi connectivity index (χ3v) is 9.01. The SMILES string of the molecule is CCCn1c2c(c(=O)n(CCCC(C)=O)c1=O)CC(c1ccc(N(CCCN3CCc4ccccc4C3=O)C(=O)c3ccc(F)nc3)nc1)=N2. The van der Waals surface area contributed by atoms with Crippen LogP contribution in [0.1, 0.15) is 76.9 Å². The van der Waals surface area contributed by atoms with E-state index in [0.717, 1.165) is 18.1 Å². The summed E-state index contributed by atoms with van der Waals surface area (Å²) < 4.78 is 16.3. The number of hydrogen-bond acceptors (Lipinski definition) is 8. The number of fused-ring (bicyclic) bond motifs is 2. The molecule has 12 nitrogen and oxygen atoms in total. The highest BCUT2D eigenvalue weighted by molar-refractivity contribution is 6.07. The lowest BCUT2D eigenvalue weighted by Crippen LogP contribution is -2.41. The number of rotatable bonds is 13. The Morgan fingerprint density at radius 3 is 2.46 bits per heavy atom. The van der Waals surface area contributed by atoms with E-state index in [9.17, 15) is 28.4 Å². The van der Waals surface area contributed by atoms with Crippen LogP contribution < -0.4 is 16.1 Å². The molecule has 0 unspecified atom stereocenters. The number of ketones is 1. The number of halogens is 1. The van der Waals surface area contributed by atoms with Gasteiger partial charge in [0.05, 0.1) is 16.8 Å². The maximum Gasteiger partial charge on any atom is 0.332 e. The first kappa shape index (κ1) is 34.3. The highest BCUT2D eigenvalue weighted by Gasteiger charge is 2.28. The van der Waals surface area contributed by atoms with Crippen molar-refractivity contribution in [1.29, 1.82) is 0 Å². The summed E-state index contributed by atoms with van der Waals surface area (Å²) in [5, 5.41) is 0. The molecule has 2 amide bonds. The van der Waals surface area contributed by atoms with Gasteiger partial charge in [0.25, 0.3) is 17.4 Å². The van der Waals surface area contributed by atoms with Gasteiger partial charge < -0.3 is 9.69 Å². The molecule has 50 heavy (non-hydrogen) atoms. The Morgan fingerprint density at radius 1 is 0.920 bits per heavy atom. The number of aliphatic imine (C=N–C) groups is 1. The van der Waals surface area contributed by atoms with Crippen molar-refractivity contribution in [1.82, 2.24) is 24.0 Å². The third kappa shape index (κ3) is 7.07. The van der Waals surface area contributed by atoms with Crippen LogP contribution in [0.4, 0.5) is 16.0 Å². The summed E-state index contributed by atoms with van der Waals surface area (Å²) >= 11 is 0. The number of amides is 2. The minimum absolute atomic E-state index is 0.00693. The van der Waals surface area contributed by atoms with E-state index >= 15 is 0 Å². The number of nitrogens with zero attached hydrogens (tertiary/aromatic N) is 7. The molecule has 3 aromatic heterocycles. The van der Waals surface area contributed by atoms with Crippen molar-refractivity contribution in [2.75, 3.05) is 24.5 Å². The van der Waals surface area contributed by atoms with Crippen molar-refractivity contribution < 1.29 is 18.8 Å². The van der Waals surface area contributed by atoms with Crippen molar-refractivity contribution >= 4 is 34.9 Å². The third-order valence-electron chi connectivity index (χ3n) is 9.01. The van der Waals surface area contributed by atoms with Gasteiger partial charge in [0, 0.05) is 69.1 Å². The van der Waals surface area contributed by atoms with Gasteiger partial charge in [-0.05, 0) is 68.5 Å². The zero-order valence-electron chi connectivity index (χ0n) is 28.1. The van der Waals surface area contributed by atoms with Crippen molar-refractivity contribution in [3.63, 3.8) is 0 Å². The van der Waals surface area contributed by atoms with E-state index in [1.165, 1.54) is 33.2 Å². The number of aromatic nitrogens is 4. The second-order valence-electron chi connectivity index (χ2n) is 12.5. The van der Waals surface area contributed by atoms with Gasteiger partial charge in [0.2, 0.25) is 5.95 Å². The van der Waals surface area contributed by atoms with Crippen LogP contribution in [0.5, 0.6) is 0 Å². The smallest absolute Gasteiger partial charge is 0.332 e. The molecule has 13 heteroatoms. The molecule has 0 spiro atoms. The minimum atomic E-state index is -0.704. The Hall–Kier alpha value is -5.59. The van der Waals surface area contributed by atoms with E-state index in [0.29, 0.717) is 72.9 Å². The van der Waals surface area contributed by atoms with Gasteiger partial charge in [-0.25, -0.2) is 19.8 Å². The summed E-state index contributed by atoms with van der Waals surface area (Å²) in [6.07, 6.45) is 5.49. The summed E-state index contributed by atoms with van der Waals surface area (Å²) in [4.78, 5) is 81.2. The van der Waals surface area contributed by atoms with Crippen LogP contribution >= 0.6 is 0 Å². The molecular formula is C37H38FN7O5. The van der Waals surface area contributed by atoms with Crippen LogP contribution in [0.25, 0.3) is 0 Å². The quantitative estimate of drug-likeness (QED) is 0.194. The largest absolute Gasteiger partial charge is 0.338 e. The van der Waals surface area contributed by atoms with E-state index in [-0.39, 0.29) is 43.2 Å². The first-order valence-electron chi connectivity index (χ1n) is 16.9. The zero-order chi connectivity index (χ0) is 35.4. The lowest BCUT2D eigenvalue weighted by atomic mass is 9.99. The molecule has 0 aliphatic carbocycles. The highest BCUT2D eigenvalue weighted by atomic mass is 19.1. The first-order valence-corrected chi connectivity index (χ1v) is 16.9. The summed E-state index contributed by atoms with van der Waals surface area (Å²) in [5.74, 6) is -0.505. The predicted molar refractivity (Wildman–Crippen MR) is 186 cm³/mol. The Bertz CT molecular complexity index is 2090. The predicted octanol–water partition coefficient (Wildman–Crippen LogP) is 4.13. The summed E-state index contributed by atoms with van der Waals surface area (Å²) in [5.41, 5.74) is 2.64. The van der Waals surface area contributed by atoms with Crippen molar-refractivity contribution in [2.24, 2.45) is 4.99 Å². The van der Waals surface area contributed by atoms with E-state index in [1.54, 1.807) is 23.2 Å². The fourth-order valence-electron chi connectivity index (χ4n) is 6.44. The number of pyridine rings is 2. The average molecular weight is 680 g/mol. The van der Waals surface area contributed by atoms with E-state index in [2.05, 4.69) is 9.97 Å². The molecule has 2 aliphatic heterocycles. The Kier molecular flexibility index (Phi) is 10.2. The van der Waals surface area contributed by atoms with Crippen molar-refractivity contribution in [3.05, 3.63) is 116 Å². The maximum absolute atomic E-state index is 13.7. The lowest BCUT2D eigenvalue weighted by Gasteiger charge is -2.29. The average Bonchev–Trinajstić information content (AvgIpc) is 3.57. The van der Waals surface area contributed by atoms with Gasteiger partial charge in [-0.3, -0.25) is 28.4 Å². The number of Topliss-reactive ketones (excluding diaryl/α,β-unsaturated/α-hetero) is 1. The van der Waals surface area contributed by atoms with Gasteiger partial charge in [-0.1, -0.05) is 25.1 Å². The Morgan fingerprint density at radius 2 is 1.74 bits per heavy atom. The van der Waals surface area contributed by atoms with Crippen LogP contribution in [0, 0.1) is 5.95 Å². The molecule has 0 saturated carbocycles. The normalized spacial score (nSPS) is 13.5. The van der Waals surface area contributed by atoms with Crippen LogP contribution in [0.2, 0.25) is 0 Å². The van der Waals surface area contributed by atoms with Gasteiger partial charge in [0.1, 0.15) is 17.4 Å². The Balaban J connectivity index is 1.23. The molecule has 2 aliphatic rings. The highest BCUT2D eigenvalue weighted by Crippen LogP contribution is 2.27. The zero-order valence-corrected chi connectivity index (χ0v) is 28.1. The number of hydrogen-bond donors (Lipinski definition) is 0. The Labute approximate surface area is 287 Å². The second-order valence-corrected chi connectivity index (χ2v) is 12.5. The fraction of sp³-hybridized carbons (Fsp3) is 0.351. The molecule has 0 saturated heterocycles. The van der Waals surface area contributed by atoms with Gasteiger partial charge >= 0.3 is 5.69 Å². The first-order chi connectivity index (χ1) is 24.2. The van der Waals surface area contributed by atoms with Crippen LogP contribution in [-0.4, -0.2) is 66.9 Å². The molecule has 5 heterocycles. The van der Waals surface area contributed by atoms with Crippen LogP contribution in [0.15, 0.2) is 75.5 Å². The molecule has 6 rings (SSSR count). The molecule has 258 valence electrons. The van der Waals surface area contributed by atoms with Crippen LogP contribution in [0.3, 0.4) is 0 Å². The summed E-state index contributed by atoms with van der Waals surface area (Å²) in [6.45, 7) is 5.18. The molecule has 1 aromatic carbocycles. The molecule has 0 bridgehead atoms. The van der Waals surface area contributed by atoms with Crippen molar-refractivity contribution in [2.45, 2.75) is 65.5 Å². The van der Waals surface area contributed by atoms with E-state index < -0.39 is 23.1 Å². The number of carbonyl (C=O) groups is 3. The standard InChI is InChI=1S/C37H38FN7O5/c1-3-16-44-33-29(36(49)45(37(44)50)18-6-8-24(2)46)21-30(41-33)26-12-14-32(40-22-26)43(34(47)27-11-13-31(38)39-23-27)19-7-17-42-20-15-25-9-4-5-10-28(25)35(42)48/h4-5,9-14,22-23H,3,6-8,15-21H2,1-2H3. The topological polar surface area (TPSA) is 140 Å². The molecule has 4 aromatic rings. The molecule has 0 fully saturated rings. The minimum Gasteiger partial charge on any atom is -0.338 e. The molecular weight excluding hydrogens is 641 g/mol. The summed E-state index contributed by atoms with van der Waals surface area (Å²) in [7, 11) is 0. The summed E-state index contributed by atoms with van der Waals surface area (Å²) in [6, 6.07) is 13.5. The maximum atomic E-state index is 13.7. The number of carbonyl (C=O) groups excluding carboxylic acids is 3. The second kappa shape index (κ2) is 14.9. The lowest BCUT2D eigenvalue weighted by molar-refractivity contribution is -0.117. The number of benzene rings is 1. The molecule has 0 N–H and O–H groups in total. The van der Waals surface area contributed by atoms with Crippen LogP contribution in [-0.2, 0) is 30.7 Å². The van der Waals surface area contributed by atoms with Gasteiger partial charge in [-0.2, -0.15) is 4.39 Å². The van der Waals surface area contributed by atoms with Crippen molar-refractivity contribution in [3.8, 4) is 0 Å². The van der Waals surface area contributed by atoms with Gasteiger partial charge in [0.15, 0.2) is 0 Å². The fourth-order valence-corrected chi connectivity index (χ4v) is 6.44. The number of anilines is 1. The van der Waals surface area contributed by atoms with Gasteiger partial charge in [-0.15, -0.1) is 0 Å². The monoisotopic (exact) mass is 679 g/mol. The van der Waals surface area contributed by atoms with E-state index in [4.69, 9.17) is 4.99 Å². The molecule has 0 radical (unpaired) electrons.